The van der Waals surface area contributed by atoms with E-state index in [0.717, 1.165) is 45.7 Å². The second-order valence-electron chi connectivity index (χ2n) is 7.27. The number of carbonyl (C=O) groups excluding carboxylic acids is 1. The number of piperidine rings is 1. The highest BCUT2D eigenvalue weighted by molar-refractivity contribution is 5.92. The minimum Gasteiger partial charge on any atom is -0.493 e. The first-order valence-corrected chi connectivity index (χ1v) is 9.95. The van der Waals surface area contributed by atoms with Crippen LogP contribution in [0.2, 0.25) is 0 Å². The normalized spacial score (nSPS) is 19.1. The summed E-state index contributed by atoms with van der Waals surface area (Å²) in [5.41, 5.74) is 0.375. The SMILES string of the molecule is COc1cccc(/C=C/C(=O)N2CCC(CN3CCOCC3)CC2)c1OC(F)F. The minimum absolute atomic E-state index is 0.0710. The summed E-state index contributed by atoms with van der Waals surface area (Å²) in [5, 5.41) is 0. The summed E-state index contributed by atoms with van der Waals surface area (Å²) in [4.78, 5) is 16.8. The molecular weight excluding hydrogens is 382 g/mol. The van der Waals surface area contributed by atoms with E-state index in [4.69, 9.17) is 9.47 Å². The number of alkyl halides is 2. The zero-order valence-corrected chi connectivity index (χ0v) is 16.7. The highest BCUT2D eigenvalue weighted by Gasteiger charge is 2.24. The van der Waals surface area contributed by atoms with Gasteiger partial charge in [-0.15, -0.1) is 0 Å². The van der Waals surface area contributed by atoms with E-state index in [0.29, 0.717) is 24.6 Å². The maximum atomic E-state index is 12.7. The average Bonchev–Trinajstić information content (AvgIpc) is 2.73. The number of para-hydroxylation sites is 1. The lowest BCUT2D eigenvalue weighted by Crippen LogP contribution is -2.43. The van der Waals surface area contributed by atoms with Gasteiger partial charge in [0.25, 0.3) is 0 Å². The lowest BCUT2D eigenvalue weighted by atomic mass is 9.96. The quantitative estimate of drug-likeness (QED) is 0.647. The van der Waals surface area contributed by atoms with Gasteiger partial charge in [0.05, 0.1) is 20.3 Å². The zero-order chi connectivity index (χ0) is 20.6. The Labute approximate surface area is 170 Å². The minimum atomic E-state index is -2.97. The van der Waals surface area contributed by atoms with Crippen LogP contribution >= 0.6 is 0 Å². The zero-order valence-electron chi connectivity index (χ0n) is 16.7. The van der Waals surface area contributed by atoms with Crippen molar-refractivity contribution in [1.29, 1.82) is 0 Å². The Kier molecular flexibility index (Phi) is 7.83. The Bertz CT molecular complexity index is 700. The molecule has 0 atom stereocenters. The molecule has 2 heterocycles. The van der Waals surface area contributed by atoms with Crippen LogP contribution in [0.3, 0.4) is 0 Å². The molecule has 2 aliphatic heterocycles. The van der Waals surface area contributed by atoms with Crippen molar-refractivity contribution in [3.05, 3.63) is 29.8 Å². The fraction of sp³-hybridized carbons (Fsp3) is 0.571. The van der Waals surface area contributed by atoms with E-state index in [1.807, 2.05) is 0 Å². The van der Waals surface area contributed by atoms with Crippen molar-refractivity contribution in [2.24, 2.45) is 5.92 Å². The monoisotopic (exact) mass is 410 g/mol. The number of morpholine rings is 1. The third-order valence-electron chi connectivity index (χ3n) is 5.39. The summed E-state index contributed by atoms with van der Waals surface area (Å²) in [6.07, 6.45) is 4.85. The van der Waals surface area contributed by atoms with Crippen LogP contribution < -0.4 is 9.47 Å². The number of methoxy groups -OCH3 is 1. The number of rotatable bonds is 7. The van der Waals surface area contributed by atoms with Gasteiger partial charge in [-0.25, -0.2) is 0 Å². The number of likely N-dealkylation sites (tertiary alicyclic amines) is 1. The fourth-order valence-corrected chi connectivity index (χ4v) is 3.79. The van der Waals surface area contributed by atoms with Gasteiger partial charge in [-0.05, 0) is 30.9 Å². The molecule has 0 saturated carbocycles. The van der Waals surface area contributed by atoms with Gasteiger partial charge in [-0.2, -0.15) is 8.78 Å². The molecule has 29 heavy (non-hydrogen) atoms. The first kappa shape index (κ1) is 21.5. The van der Waals surface area contributed by atoms with Gasteiger partial charge < -0.3 is 19.1 Å². The summed E-state index contributed by atoms with van der Waals surface area (Å²) in [7, 11) is 1.38. The van der Waals surface area contributed by atoms with Crippen LogP contribution in [0.4, 0.5) is 8.78 Å². The summed E-state index contributed by atoms with van der Waals surface area (Å²) < 4.78 is 40.5. The second kappa shape index (κ2) is 10.5. The molecule has 0 bridgehead atoms. The van der Waals surface area contributed by atoms with Crippen molar-refractivity contribution in [1.82, 2.24) is 9.80 Å². The molecule has 0 spiro atoms. The Hall–Kier alpha value is -2.19. The molecular formula is C21H28F2N2O4. The summed E-state index contributed by atoms with van der Waals surface area (Å²) in [6.45, 7) is 3.04. The molecule has 2 aliphatic rings. The number of hydrogen-bond acceptors (Lipinski definition) is 5. The number of hydrogen-bond donors (Lipinski definition) is 0. The average molecular weight is 410 g/mol. The molecule has 0 N–H and O–H groups in total. The molecule has 1 aromatic rings. The van der Waals surface area contributed by atoms with Gasteiger partial charge in [-0.3, -0.25) is 9.69 Å². The number of ether oxygens (including phenoxy) is 3. The molecule has 0 aliphatic carbocycles. The molecule has 2 fully saturated rings. The van der Waals surface area contributed by atoms with E-state index in [1.54, 1.807) is 17.0 Å². The van der Waals surface area contributed by atoms with Crippen molar-refractivity contribution in [2.75, 3.05) is 53.0 Å². The van der Waals surface area contributed by atoms with Crippen molar-refractivity contribution in [3.63, 3.8) is 0 Å². The van der Waals surface area contributed by atoms with Gasteiger partial charge in [0.1, 0.15) is 0 Å². The summed E-state index contributed by atoms with van der Waals surface area (Å²) >= 11 is 0. The van der Waals surface area contributed by atoms with Crippen LogP contribution in [0.5, 0.6) is 11.5 Å². The molecule has 2 saturated heterocycles. The van der Waals surface area contributed by atoms with E-state index in [-0.39, 0.29) is 17.4 Å². The Balaban J connectivity index is 1.55. The van der Waals surface area contributed by atoms with Crippen molar-refractivity contribution in [3.8, 4) is 11.5 Å². The molecule has 0 aromatic heterocycles. The van der Waals surface area contributed by atoms with Crippen LogP contribution in [0.15, 0.2) is 24.3 Å². The topological polar surface area (TPSA) is 51.2 Å². The Morgan fingerprint density at radius 1 is 1.24 bits per heavy atom. The maximum Gasteiger partial charge on any atom is 0.387 e. The molecule has 3 rings (SSSR count). The van der Waals surface area contributed by atoms with Crippen molar-refractivity contribution in [2.45, 2.75) is 19.5 Å². The molecule has 1 aromatic carbocycles. The van der Waals surface area contributed by atoms with E-state index in [2.05, 4.69) is 9.64 Å². The number of carbonyl (C=O) groups is 1. The van der Waals surface area contributed by atoms with Gasteiger partial charge in [0.2, 0.25) is 5.91 Å². The van der Waals surface area contributed by atoms with Crippen LogP contribution in [-0.4, -0.2) is 75.4 Å². The maximum absolute atomic E-state index is 12.7. The van der Waals surface area contributed by atoms with E-state index < -0.39 is 6.61 Å². The number of nitrogens with zero attached hydrogens (tertiary/aromatic N) is 2. The largest absolute Gasteiger partial charge is 0.493 e. The number of amides is 1. The van der Waals surface area contributed by atoms with Crippen LogP contribution in [0.25, 0.3) is 6.08 Å². The van der Waals surface area contributed by atoms with Gasteiger partial charge in [0, 0.05) is 44.4 Å². The molecule has 1 amide bonds. The van der Waals surface area contributed by atoms with Crippen LogP contribution in [-0.2, 0) is 9.53 Å². The lowest BCUT2D eigenvalue weighted by Gasteiger charge is -2.35. The third kappa shape index (κ3) is 6.14. The van der Waals surface area contributed by atoms with Crippen LogP contribution in [0, 0.1) is 5.92 Å². The van der Waals surface area contributed by atoms with Gasteiger partial charge in [0.15, 0.2) is 11.5 Å². The van der Waals surface area contributed by atoms with Gasteiger partial charge >= 0.3 is 6.61 Å². The van der Waals surface area contributed by atoms with Crippen LogP contribution in [0.1, 0.15) is 18.4 Å². The number of benzene rings is 1. The lowest BCUT2D eigenvalue weighted by molar-refractivity contribution is -0.127. The third-order valence-corrected chi connectivity index (χ3v) is 5.39. The molecule has 0 radical (unpaired) electrons. The standard InChI is InChI=1S/C21H28F2N2O4/c1-27-18-4-2-3-17(20(18)29-21(22)23)5-6-19(26)25-9-7-16(8-10-25)15-24-11-13-28-14-12-24/h2-6,16,21H,7-15H2,1H3/b6-5+. The first-order chi connectivity index (χ1) is 14.1. The predicted octanol–water partition coefficient (Wildman–Crippen LogP) is 2.88. The Morgan fingerprint density at radius 2 is 1.97 bits per heavy atom. The van der Waals surface area contributed by atoms with Crippen molar-refractivity contribution < 1.29 is 27.8 Å². The summed E-state index contributed by atoms with van der Waals surface area (Å²) in [6, 6.07) is 4.81. The van der Waals surface area contributed by atoms with E-state index >= 15 is 0 Å². The highest BCUT2D eigenvalue weighted by Crippen LogP contribution is 2.33. The molecule has 160 valence electrons. The second-order valence-corrected chi connectivity index (χ2v) is 7.27. The van der Waals surface area contributed by atoms with E-state index in [1.165, 1.54) is 25.3 Å². The highest BCUT2D eigenvalue weighted by atomic mass is 19.3. The first-order valence-electron chi connectivity index (χ1n) is 9.95. The molecule has 6 nitrogen and oxygen atoms in total. The van der Waals surface area contributed by atoms with Crippen molar-refractivity contribution >= 4 is 12.0 Å². The Morgan fingerprint density at radius 3 is 2.62 bits per heavy atom. The predicted molar refractivity (Wildman–Crippen MR) is 105 cm³/mol. The van der Waals surface area contributed by atoms with Gasteiger partial charge in [-0.1, -0.05) is 12.1 Å². The molecule has 0 unspecified atom stereocenters. The fourth-order valence-electron chi connectivity index (χ4n) is 3.79. The molecule has 8 heteroatoms. The van der Waals surface area contributed by atoms with E-state index in [9.17, 15) is 13.6 Å². The number of halogens is 2. The summed E-state index contributed by atoms with van der Waals surface area (Å²) in [5.74, 6) is 0.591. The smallest absolute Gasteiger partial charge is 0.387 e.